The van der Waals surface area contributed by atoms with Gasteiger partial charge in [-0.1, -0.05) is 0 Å². The Hall–Kier alpha value is -1.21. The molecule has 1 N–H and O–H groups in total. The van der Waals surface area contributed by atoms with Crippen molar-refractivity contribution in [3.05, 3.63) is 15.0 Å². The molecule has 0 saturated heterocycles. The molecular formula is C8H9NO4S2. The van der Waals surface area contributed by atoms with E-state index in [0.717, 1.165) is 0 Å². The molecule has 0 radical (unpaired) electrons. The molecule has 0 aliphatic rings. The molecule has 0 unspecified atom stereocenters. The number of hydrogen-bond donors (Lipinski definition) is 1. The van der Waals surface area contributed by atoms with Crippen LogP contribution in [0.3, 0.4) is 0 Å². The molecule has 0 spiro atoms. The van der Waals surface area contributed by atoms with Crippen LogP contribution in [0.4, 0.5) is 0 Å². The molecule has 1 rings (SSSR count). The van der Waals surface area contributed by atoms with Crippen molar-refractivity contribution in [2.45, 2.75) is 20.1 Å². The van der Waals surface area contributed by atoms with E-state index in [4.69, 9.17) is 22.1 Å². The van der Waals surface area contributed by atoms with Gasteiger partial charge in [-0.25, -0.2) is 0 Å². The van der Waals surface area contributed by atoms with Crippen LogP contribution in [0.2, 0.25) is 0 Å². The molecule has 0 aliphatic heterocycles. The summed E-state index contributed by atoms with van der Waals surface area (Å²) in [5.41, 5.74) is 0.600. The van der Waals surface area contributed by atoms with Crippen LogP contribution in [0.5, 0.6) is 0 Å². The summed E-state index contributed by atoms with van der Waals surface area (Å²) in [5.74, 6) is -1.39. The molecule has 0 bridgehead atoms. The van der Waals surface area contributed by atoms with E-state index in [2.05, 4.69) is 0 Å². The van der Waals surface area contributed by atoms with Crippen molar-refractivity contribution in [2.75, 3.05) is 0 Å². The number of aliphatic carboxylic acids is 1. The zero-order chi connectivity index (χ0) is 11.4. The molecule has 7 heteroatoms. The van der Waals surface area contributed by atoms with Gasteiger partial charge in [0.15, 0.2) is 3.95 Å². The molecular weight excluding hydrogens is 238 g/mol. The number of thiazole rings is 1. The lowest BCUT2D eigenvalue weighted by Gasteiger charge is -2.05. The maximum atomic E-state index is 10.6. The Bertz CT molecular complexity index is 434. The third-order valence-corrected chi connectivity index (χ3v) is 2.90. The van der Waals surface area contributed by atoms with Crippen molar-refractivity contribution in [1.29, 1.82) is 0 Å². The second-order valence-corrected chi connectivity index (χ2v) is 4.26. The predicted octanol–water partition coefficient (Wildman–Crippen LogP) is 1.43. The number of carbonyl (C=O) groups excluding carboxylic acids is 1. The summed E-state index contributed by atoms with van der Waals surface area (Å²) in [5, 5.41) is 10.3. The number of carboxylic acid groups (broad SMARTS) is 1. The lowest BCUT2D eigenvalue weighted by Crippen LogP contribution is -2.12. The van der Waals surface area contributed by atoms with Gasteiger partial charge in [0.05, 0.1) is 5.69 Å². The zero-order valence-electron chi connectivity index (χ0n) is 7.93. The molecule has 0 atom stereocenters. The Morgan fingerprint density at radius 2 is 2.33 bits per heavy atom. The molecule has 0 amide bonds. The summed E-state index contributed by atoms with van der Waals surface area (Å²) in [6, 6.07) is 0. The minimum absolute atomic E-state index is 0.0513. The van der Waals surface area contributed by atoms with Gasteiger partial charge >= 0.3 is 11.9 Å². The van der Waals surface area contributed by atoms with Gasteiger partial charge < -0.3 is 14.4 Å². The van der Waals surface area contributed by atoms with E-state index in [1.54, 1.807) is 5.38 Å². The molecule has 82 valence electrons. The molecule has 15 heavy (non-hydrogen) atoms. The van der Waals surface area contributed by atoms with E-state index in [1.165, 1.54) is 22.8 Å². The van der Waals surface area contributed by atoms with E-state index >= 15 is 0 Å². The van der Waals surface area contributed by atoms with Crippen LogP contribution in [0.1, 0.15) is 12.6 Å². The summed E-state index contributed by atoms with van der Waals surface area (Å²) < 4.78 is 6.66. The second kappa shape index (κ2) is 5.04. The van der Waals surface area contributed by atoms with Crippen LogP contribution in [-0.4, -0.2) is 21.6 Å². The van der Waals surface area contributed by atoms with Crippen molar-refractivity contribution >= 4 is 35.5 Å². The van der Waals surface area contributed by atoms with E-state index in [9.17, 15) is 9.59 Å². The number of ether oxygens (including phenoxy) is 1. The van der Waals surface area contributed by atoms with Gasteiger partial charge in [-0.15, -0.1) is 11.3 Å². The molecule has 1 aromatic rings. The van der Waals surface area contributed by atoms with Crippen molar-refractivity contribution in [3.8, 4) is 0 Å². The summed E-state index contributed by atoms with van der Waals surface area (Å²) in [6.07, 6.45) is 0. The number of rotatable bonds is 4. The van der Waals surface area contributed by atoms with Gasteiger partial charge in [0, 0.05) is 12.3 Å². The first-order valence-electron chi connectivity index (χ1n) is 4.03. The molecule has 1 heterocycles. The highest BCUT2D eigenvalue weighted by Crippen LogP contribution is 2.12. The molecule has 0 aliphatic carbocycles. The minimum atomic E-state index is -0.978. The Morgan fingerprint density at radius 3 is 2.87 bits per heavy atom. The number of esters is 1. The fraction of sp³-hybridized carbons (Fsp3) is 0.375. The highest BCUT2D eigenvalue weighted by atomic mass is 32.1. The SMILES string of the molecule is CC(=O)OCc1csc(=S)n1CC(=O)O. The normalized spacial score (nSPS) is 9.93. The van der Waals surface area contributed by atoms with Crippen LogP contribution in [0.25, 0.3) is 0 Å². The lowest BCUT2D eigenvalue weighted by atomic mass is 10.5. The smallest absolute Gasteiger partial charge is 0.323 e. The van der Waals surface area contributed by atoms with Crippen LogP contribution in [0, 0.1) is 3.95 Å². The van der Waals surface area contributed by atoms with Crippen LogP contribution in [-0.2, 0) is 27.5 Å². The first-order valence-corrected chi connectivity index (χ1v) is 5.32. The molecule has 0 aromatic carbocycles. The maximum absolute atomic E-state index is 10.6. The van der Waals surface area contributed by atoms with Crippen molar-refractivity contribution in [1.82, 2.24) is 4.57 Å². The third-order valence-electron chi connectivity index (χ3n) is 1.58. The highest BCUT2D eigenvalue weighted by Gasteiger charge is 2.08. The number of nitrogens with zero attached hydrogens (tertiary/aromatic N) is 1. The Morgan fingerprint density at radius 1 is 1.67 bits per heavy atom. The van der Waals surface area contributed by atoms with Gasteiger partial charge in [-0.05, 0) is 12.2 Å². The number of carbonyl (C=O) groups is 2. The number of hydrogen-bond acceptors (Lipinski definition) is 5. The lowest BCUT2D eigenvalue weighted by molar-refractivity contribution is -0.142. The fourth-order valence-corrected chi connectivity index (χ4v) is 2.02. The number of aromatic nitrogens is 1. The van der Waals surface area contributed by atoms with Gasteiger partial charge in [0.2, 0.25) is 0 Å². The quantitative estimate of drug-likeness (QED) is 0.644. The predicted molar refractivity (Wildman–Crippen MR) is 56.2 cm³/mol. The Kier molecular flexibility index (Phi) is 3.98. The largest absolute Gasteiger partial charge is 0.480 e. The van der Waals surface area contributed by atoms with E-state index in [-0.39, 0.29) is 13.2 Å². The standard InChI is InChI=1S/C8H9NO4S2/c1-5(10)13-3-6-4-15-8(14)9(6)2-7(11)12/h4H,2-3H2,1H3,(H,11,12). The van der Waals surface area contributed by atoms with Gasteiger partial charge in [-0.3, -0.25) is 9.59 Å². The van der Waals surface area contributed by atoms with E-state index in [0.29, 0.717) is 9.65 Å². The number of carboxylic acids is 1. The maximum Gasteiger partial charge on any atom is 0.323 e. The van der Waals surface area contributed by atoms with Crippen molar-refractivity contribution < 1.29 is 19.4 Å². The van der Waals surface area contributed by atoms with Crippen LogP contribution >= 0.6 is 23.6 Å². The molecule has 0 saturated carbocycles. The molecule has 5 nitrogen and oxygen atoms in total. The van der Waals surface area contributed by atoms with Gasteiger partial charge in [0.25, 0.3) is 0 Å². The first kappa shape index (κ1) is 11.9. The topological polar surface area (TPSA) is 68.5 Å². The summed E-state index contributed by atoms with van der Waals surface area (Å²) >= 11 is 6.20. The highest BCUT2D eigenvalue weighted by molar-refractivity contribution is 7.73. The average molecular weight is 247 g/mol. The first-order chi connectivity index (χ1) is 7.00. The van der Waals surface area contributed by atoms with Crippen LogP contribution in [0.15, 0.2) is 5.38 Å². The second-order valence-electron chi connectivity index (χ2n) is 2.75. The van der Waals surface area contributed by atoms with Crippen molar-refractivity contribution in [3.63, 3.8) is 0 Å². The summed E-state index contributed by atoms with van der Waals surface area (Å²) in [4.78, 5) is 21.1. The Balaban J connectivity index is 2.83. The van der Waals surface area contributed by atoms with Crippen LogP contribution < -0.4 is 0 Å². The molecule has 0 fully saturated rings. The third kappa shape index (κ3) is 3.45. The fourth-order valence-electron chi connectivity index (χ4n) is 0.952. The average Bonchev–Trinajstić information content (AvgIpc) is 2.44. The van der Waals surface area contributed by atoms with Gasteiger partial charge in [0.1, 0.15) is 13.2 Å². The molecule has 1 aromatic heterocycles. The Labute approximate surface area is 94.9 Å². The van der Waals surface area contributed by atoms with E-state index < -0.39 is 11.9 Å². The summed E-state index contributed by atoms with van der Waals surface area (Å²) in [6.45, 7) is 1.14. The zero-order valence-corrected chi connectivity index (χ0v) is 9.56. The summed E-state index contributed by atoms with van der Waals surface area (Å²) in [7, 11) is 0. The van der Waals surface area contributed by atoms with Crippen molar-refractivity contribution in [2.24, 2.45) is 0 Å². The van der Waals surface area contributed by atoms with Gasteiger partial charge in [-0.2, -0.15) is 0 Å². The monoisotopic (exact) mass is 247 g/mol. The van der Waals surface area contributed by atoms with E-state index in [1.807, 2.05) is 0 Å². The minimum Gasteiger partial charge on any atom is -0.480 e.